The maximum atomic E-state index is 13.3. The molecule has 3 rings (SSSR count). The molecule has 168 valence electrons. The zero-order valence-electron chi connectivity index (χ0n) is 17.4. The van der Waals surface area contributed by atoms with Gasteiger partial charge < -0.3 is 9.47 Å². The molecule has 10 nitrogen and oxygen atoms in total. The first-order valence-corrected chi connectivity index (χ1v) is 11.7. The number of nitrogens with one attached hydrogen (secondary N) is 1. The van der Waals surface area contributed by atoms with Gasteiger partial charge in [-0.2, -0.15) is 0 Å². The number of piperidine rings is 1. The average molecular weight is 443 g/mol. The van der Waals surface area contributed by atoms with Crippen molar-refractivity contribution in [2.45, 2.75) is 50.2 Å². The molecule has 3 heterocycles. The molecule has 2 fully saturated rings. The number of hydroxylamine groups is 1. The molecule has 2 saturated heterocycles. The van der Waals surface area contributed by atoms with Crippen molar-refractivity contribution in [1.82, 2.24) is 19.8 Å². The average Bonchev–Trinajstić information content (AvgIpc) is 2.78. The number of amides is 1. The van der Waals surface area contributed by atoms with E-state index in [1.165, 1.54) is 4.31 Å². The zero-order valence-corrected chi connectivity index (χ0v) is 18.2. The van der Waals surface area contributed by atoms with Crippen LogP contribution in [-0.2, 0) is 19.6 Å². The largest absolute Gasteiger partial charge is 0.476 e. The highest BCUT2D eigenvalue weighted by Gasteiger charge is 2.54. The highest BCUT2D eigenvalue weighted by Crippen LogP contribution is 2.36. The summed E-state index contributed by atoms with van der Waals surface area (Å²) >= 11 is 0. The standard InChI is InChI=1S/C19H30N4O6S/c1-14(2)13-29-17-12-20-16(11-21-17)15-3-7-23(8-4-15)30(26,27)19(18(24)22-25)5-9-28-10-6-19/h11-12,14-15,25H,3-10,13H2,1-2H3,(H,22,24). The lowest BCUT2D eigenvalue weighted by atomic mass is 9.95. The molecule has 11 heteroatoms. The highest BCUT2D eigenvalue weighted by atomic mass is 32.2. The van der Waals surface area contributed by atoms with Crippen molar-refractivity contribution in [1.29, 1.82) is 0 Å². The smallest absolute Gasteiger partial charge is 0.266 e. The predicted octanol–water partition coefficient (Wildman–Crippen LogP) is 1.08. The Morgan fingerprint density at radius 1 is 1.30 bits per heavy atom. The first-order chi connectivity index (χ1) is 14.3. The van der Waals surface area contributed by atoms with Gasteiger partial charge in [-0.15, -0.1) is 0 Å². The second-order valence-corrected chi connectivity index (χ2v) is 10.5. The fourth-order valence-electron chi connectivity index (χ4n) is 3.91. The third kappa shape index (κ3) is 4.58. The first kappa shape index (κ1) is 22.9. The van der Waals surface area contributed by atoms with Gasteiger partial charge in [-0.3, -0.25) is 15.0 Å². The van der Waals surface area contributed by atoms with Gasteiger partial charge >= 0.3 is 0 Å². The van der Waals surface area contributed by atoms with Gasteiger partial charge in [-0.1, -0.05) is 13.8 Å². The van der Waals surface area contributed by atoms with Crippen molar-refractivity contribution in [2.24, 2.45) is 5.92 Å². The van der Waals surface area contributed by atoms with Crippen molar-refractivity contribution in [3.05, 3.63) is 18.1 Å². The van der Waals surface area contributed by atoms with Crippen LogP contribution in [0.4, 0.5) is 0 Å². The Bertz CT molecular complexity index is 816. The monoisotopic (exact) mass is 442 g/mol. The summed E-state index contributed by atoms with van der Waals surface area (Å²) in [5.74, 6) is 0.0600. The molecule has 1 amide bonds. The number of hydrogen-bond donors (Lipinski definition) is 2. The maximum absolute atomic E-state index is 13.3. The molecule has 0 spiro atoms. The molecule has 0 aliphatic carbocycles. The molecule has 1 aromatic heterocycles. The Morgan fingerprint density at radius 2 is 1.97 bits per heavy atom. The summed E-state index contributed by atoms with van der Waals surface area (Å²) in [6.45, 7) is 5.55. The van der Waals surface area contributed by atoms with Gasteiger partial charge in [0, 0.05) is 45.1 Å². The summed E-state index contributed by atoms with van der Waals surface area (Å²) in [7, 11) is -3.96. The van der Waals surface area contributed by atoms with Gasteiger partial charge in [0.05, 0.1) is 24.7 Å². The van der Waals surface area contributed by atoms with E-state index in [0.717, 1.165) is 5.69 Å². The van der Waals surface area contributed by atoms with E-state index in [0.29, 0.717) is 31.2 Å². The number of carbonyl (C=O) groups excluding carboxylic acids is 1. The molecule has 30 heavy (non-hydrogen) atoms. The van der Waals surface area contributed by atoms with E-state index in [1.54, 1.807) is 17.9 Å². The minimum atomic E-state index is -3.96. The third-order valence-corrected chi connectivity index (χ3v) is 8.36. The van der Waals surface area contributed by atoms with Crippen LogP contribution in [0.5, 0.6) is 5.88 Å². The topological polar surface area (TPSA) is 131 Å². The quantitative estimate of drug-likeness (QED) is 0.474. The number of aromatic nitrogens is 2. The van der Waals surface area contributed by atoms with Crippen LogP contribution >= 0.6 is 0 Å². The van der Waals surface area contributed by atoms with E-state index in [2.05, 4.69) is 23.8 Å². The lowest BCUT2D eigenvalue weighted by Gasteiger charge is -2.40. The van der Waals surface area contributed by atoms with Gasteiger partial charge in [0.25, 0.3) is 5.91 Å². The van der Waals surface area contributed by atoms with Crippen LogP contribution in [0.25, 0.3) is 0 Å². The molecule has 0 bridgehead atoms. The Labute approximate surface area is 177 Å². The van der Waals surface area contributed by atoms with Crippen LogP contribution in [-0.4, -0.2) is 71.5 Å². The Hall–Kier alpha value is -1.82. The van der Waals surface area contributed by atoms with Crippen LogP contribution in [0, 0.1) is 5.92 Å². The summed E-state index contributed by atoms with van der Waals surface area (Å²) in [6.07, 6.45) is 4.48. The van der Waals surface area contributed by atoms with Gasteiger partial charge in [0.2, 0.25) is 15.9 Å². The minimum absolute atomic E-state index is 0.0188. The molecule has 2 aliphatic heterocycles. The Kier molecular flexibility index (Phi) is 7.27. The first-order valence-electron chi connectivity index (χ1n) is 10.3. The van der Waals surface area contributed by atoms with Crippen molar-refractivity contribution >= 4 is 15.9 Å². The molecule has 0 atom stereocenters. The van der Waals surface area contributed by atoms with Crippen molar-refractivity contribution in [2.75, 3.05) is 32.9 Å². The van der Waals surface area contributed by atoms with Crippen molar-refractivity contribution in [3.63, 3.8) is 0 Å². The van der Waals surface area contributed by atoms with Crippen LogP contribution in [0.15, 0.2) is 12.4 Å². The SMILES string of the molecule is CC(C)COc1cnc(C2CCN(S(=O)(=O)C3(C(=O)NO)CCOCC3)CC2)cn1. The summed E-state index contributed by atoms with van der Waals surface area (Å²) in [5, 5.41) is 9.15. The fourth-order valence-corrected chi connectivity index (χ4v) is 6.06. The second kappa shape index (κ2) is 9.54. The molecule has 2 N–H and O–H groups in total. The number of carbonyl (C=O) groups is 1. The van der Waals surface area contributed by atoms with E-state index in [1.807, 2.05) is 0 Å². The maximum Gasteiger partial charge on any atom is 0.266 e. The molecule has 0 unspecified atom stereocenters. The van der Waals surface area contributed by atoms with Crippen LogP contribution in [0.2, 0.25) is 0 Å². The van der Waals surface area contributed by atoms with Crippen LogP contribution < -0.4 is 10.2 Å². The second-order valence-electron chi connectivity index (χ2n) is 8.21. The number of rotatable bonds is 7. The van der Waals surface area contributed by atoms with E-state index >= 15 is 0 Å². The number of ether oxygens (including phenoxy) is 2. The third-order valence-electron chi connectivity index (χ3n) is 5.73. The highest BCUT2D eigenvalue weighted by molar-refractivity contribution is 7.91. The zero-order chi connectivity index (χ0) is 21.8. The fraction of sp³-hybridized carbons (Fsp3) is 0.737. The summed E-state index contributed by atoms with van der Waals surface area (Å²) in [4.78, 5) is 21.1. The molecular formula is C19H30N4O6S. The van der Waals surface area contributed by atoms with Gasteiger partial charge in [-0.25, -0.2) is 23.2 Å². The Balaban J connectivity index is 1.66. The molecule has 0 aromatic carbocycles. The van der Waals surface area contributed by atoms with E-state index < -0.39 is 20.7 Å². The van der Waals surface area contributed by atoms with Gasteiger partial charge in [0.1, 0.15) is 0 Å². The van der Waals surface area contributed by atoms with Crippen molar-refractivity contribution in [3.8, 4) is 5.88 Å². The lowest BCUT2D eigenvalue weighted by molar-refractivity contribution is -0.134. The van der Waals surface area contributed by atoms with E-state index in [-0.39, 0.29) is 45.1 Å². The van der Waals surface area contributed by atoms with Gasteiger partial charge in [0.15, 0.2) is 4.75 Å². The summed E-state index contributed by atoms with van der Waals surface area (Å²) in [5.41, 5.74) is 2.35. The number of nitrogens with zero attached hydrogens (tertiary/aromatic N) is 3. The van der Waals surface area contributed by atoms with Crippen molar-refractivity contribution < 1.29 is 27.9 Å². The summed E-state index contributed by atoms with van der Waals surface area (Å²) in [6, 6.07) is 0. The molecule has 2 aliphatic rings. The molecule has 0 saturated carbocycles. The van der Waals surface area contributed by atoms with Gasteiger partial charge in [-0.05, 0) is 18.8 Å². The Morgan fingerprint density at radius 3 is 2.50 bits per heavy atom. The normalized spacial score (nSPS) is 20.8. The minimum Gasteiger partial charge on any atom is -0.476 e. The van der Waals surface area contributed by atoms with E-state index in [4.69, 9.17) is 14.7 Å². The van der Waals surface area contributed by atoms with Crippen LogP contribution in [0.3, 0.4) is 0 Å². The number of hydrogen-bond acceptors (Lipinski definition) is 8. The number of sulfonamides is 1. The van der Waals surface area contributed by atoms with E-state index in [9.17, 15) is 13.2 Å². The molecule has 0 radical (unpaired) electrons. The predicted molar refractivity (Wildman–Crippen MR) is 108 cm³/mol. The lowest BCUT2D eigenvalue weighted by Crippen LogP contribution is -2.60. The molecular weight excluding hydrogens is 412 g/mol. The summed E-state index contributed by atoms with van der Waals surface area (Å²) < 4.78 is 37.1. The molecule has 1 aromatic rings. The van der Waals surface area contributed by atoms with Crippen LogP contribution in [0.1, 0.15) is 51.1 Å².